The van der Waals surface area contributed by atoms with Crippen molar-refractivity contribution in [1.82, 2.24) is 9.88 Å². The Morgan fingerprint density at radius 1 is 1.10 bits per heavy atom. The number of nitrogen functional groups attached to an aromatic ring is 1. The van der Waals surface area contributed by atoms with Crippen molar-refractivity contribution in [3.8, 4) is 0 Å². The molecule has 1 amide bonds. The lowest BCUT2D eigenvalue weighted by Crippen LogP contribution is -2.26. The number of fused-ring (bicyclic) bond motifs is 1. The summed E-state index contributed by atoms with van der Waals surface area (Å²) in [4.78, 5) is 12.0. The fraction of sp³-hybridized carbons (Fsp3) is 0.118. The van der Waals surface area contributed by atoms with Gasteiger partial charge in [0.15, 0.2) is 0 Å². The zero-order valence-corrected chi connectivity index (χ0v) is 11.6. The molecule has 0 aliphatic carbocycles. The van der Waals surface area contributed by atoms with E-state index in [9.17, 15) is 4.79 Å². The highest BCUT2D eigenvalue weighted by Gasteiger charge is 2.06. The number of hydrogen-bond acceptors (Lipinski definition) is 2. The van der Waals surface area contributed by atoms with E-state index in [-0.39, 0.29) is 5.91 Å². The fourth-order valence-corrected chi connectivity index (χ4v) is 2.35. The molecule has 0 atom stereocenters. The Bertz CT molecular complexity index is 762. The van der Waals surface area contributed by atoms with Crippen molar-refractivity contribution >= 4 is 22.5 Å². The summed E-state index contributed by atoms with van der Waals surface area (Å²) in [5, 5.41) is 4.01. The van der Waals surface area contributed by atoms with Gasteiger partial charge in [0.1, 0.15) is 6.54 Å². The van der Waals surface area contributed by atoms with Crippen LogP contribution in [0, 0.1) is 0 Å². The molecule has 0 radical (unpaired) electrons. The summed E-state index contributed by atoms with van der Waals surface area (Å²) >= 11 is 0. The molecule has 0 saturated carbocycles. The van der Waals surface area contributed by atoms with Crippen LogP contribution in [0.1, 0.15) is 5.56 Å². The van der Waals surface area contributed by atoms with E-state index in [0.29, 0.717) is 18.8 Å². The average molecular weight is 279 g/mol. The lowest BCUT2D eigenvalue weighted by molar-refractivity contribution is -0.121. The molecule has 4 heteroatoms. The number of nitrogens with zero attached hydrogens (tertiary/aromatic N) is 1. The normalized spacial score (nSPS) is 10.7. The number of carbonyl (C=O) groups excluding carboxylic acids is 1. The first-order valence-electron chi connectivity index (χ1n) is 6.87. The molecule has 0 bridgehead atoms. The SMILES string of the molecule is Nc1ccc2ccn(CC(=O)NCc3ccccc3)c2c1. The second-order valence-electron chi connectivity index (χ2n) is 5.02. The second kappa shape index (κ2) is 5.71. The van der Waals surface area contributed by atoms with Gasteiger partial charge in [-0.15, -0.1) is 0 Å². The Morgan fingerprint density at radius 2 is 1.90 bits per heavy atom. The maximum absolute atomic E-state index is 12.0. The van der Waals surface area contributed by atoms with E-state index in [2.05, 4.69) is 5.32 Å². The van der Waals surface area contributed by atoms with Crippen LogP contribution in [0.15, 0.2) is 60.8 Å². The van der Waals surface area contributed by atoms with E-state index in [1.807, 2.05) is 65.4 Å². The maximum atomic E-state index is 12.0. The molecule has 0 aliphatic heterocycles. The number of carbonyl (C=O) groups is 1. The minimum absolute atomic E-state index is 0.0150. The third kappa shape index (κ3) is 3.05. The highest BCUT2D eigenvalue weighted by atomic mass is 16.1. The lowest BCUT2D eigenvalue weighted by atomic mass is 10.2. The first kappa shape index (κ1) is 13.2. The average Bonchev–Trinajstić information content (AvgIpc) is 2.88. The number of rotatable bonds is 4. The van der Waals surface area contributed by atoms with Gasteiger partial charge in [-0.05, 0) is 29.1 Å². The minimum atomic E-state index is -0.0150. The molecule has 4 nitrogen and oxygen atoms in total. The van der Waals surface area contributed by atoms with E-state index in [0.717, 1.165) is 16.5 Å². The molecule has 0 aliphatic rings. The van der Waals surface area contributed by atoms with E-state index < -0.39 is 0 Å². The molecule has 1 aromatic heterocycles. The molecule has 0 fully saturated rings. The number of hydrogen-bond donors (Lipinski definition) is 2. The molecule has 0 unspecified atom stereocenters. The first-order valence-corrected chi connectivity index (χ1v) is 6.87. The van der Waals surface area contributed by atoms with Crippen molar-refractivity contribution in [3.63, 3.8) is 0 Å². The summed E-state index contributed by atoms with van der Waals surface area (Å²) < 4.78 is 1.91. The van der Waals surface area contributed by atoms with Gasteiger partial charge in [-0.25, -0.2) is 0 Å². The number of amides is 1. The molecule has 0 spiro atoms. The summed E-state index contributed by atoms with van der Waals surface area (Å²) in [6, 6.07) is 17.6. The van der Waals surface area contributed by atoms with Crippen LogP contribution in [0.2, 0.25) is 0 Å². The summed E-state index contributed by atoms with van der Waals surface area (Å²) in [6.07, 6.45) is 1.91. The zero-order chi connectivity index (χ0) is 14.7. The first-order chi connectivity index (χ1) is 10.2. The van der Waals surface area contributed by atoms with Gasteiger partial charge in [0.2, 0.25) is 5.91 Å². The molecule has 1 heterocycles. The van der Waals surface area contributed by atoms with Crippen LogP contribution in [0.25, 0.3) is 10.9 Å². The number of anilines is 1. The number of nitrogens with one attached hydrogen (secondary N) is 1. The molecule has 3 aromatic rings. The monoisotopic (exact) mass is 279 g/mol. The molecular weight excluding hydrogens is 262 g/mol. The Hall–Kier alpha value is -2.75. The fourth-order valence-electron chi connectivity index (χ4n) is 2.35. The predicted molar refractivity (Wildman–Crippen MR) is 84.6 cm³/mol. The van der Waals surface area contributed by atoms with Crippen LogP contribution in [0.3, 0.4) is 0 Å². The van der Waals surface area contributed by atoms with Gasteiger partial charge >= 0.3 is 0 Å². The summed E-state index contributed by atoms with van der Waals surface area (Å²) in [7, 11) is 0. The number of benzene rings is 2. The Morgan fingerprint density at radius 3 is 2.71 bits per heavy atom. The van der Waals surface area contributed by atoms with Crippen LogP contribution in [-0.2, 0) is 17.9 Å². The molecule has 2 aromatic carbocycles. The molecule has 21 heavy (non-hydrogen) atoms. The van der Waals surface area contributed by atoms with Crippen molar-refractivity contribution in [2.75, 3.05) is 5.73 Å². The summed E-state index contributed by atoms with van der Waals surface area (Å²) in [5.74, 6) is -0.0150. The standard InChI is InChI=1S/C17H17N3O/c18-15-7-6-14-8-9-20(16(14)10-15)12-17(21)19-11-13-4-2-1-3-5-13/h1-10H,11-12,18H2,(H,19,21). The quantitative estimate of drug-likeness (QED) is 0.721. The smallest absolute Gasteiger partial charge is 0.240 e. The van der Waals surface area contributed by atoms with Crippen LogP contribution in [-0.4, -0.2) is 10.5 Å². The topological polar surface area (TPSA) is 60.0 Å². The molecule has 0 saturated heterocycles. The highest BCUT2D eigenvalue weighted by molar-refractivity contribution is 5.85. The van der Waals surface area contributed by atoms with E-state index in [1.54, 1.807) is 0 Å². The van der Waals surface area contributed by atoms with Crippen LogP contribution in [0.5, 0.6) is 0 Å². The molecule has 106 valence electrons. The Balaban J connectivity index is 1.67. The molecule has 3 rings (SSSR count). The van der Waals surface area contributed by atoms with Gasteiger partial charge in [-0.1, -0.05) is 36.4 Å². The van der Waals surface area contributed by atoms with Gasteiger partial charge in [-0.2, -0.15) is 0 Å². The molecular formula is C17H17N3O. The largest absolute Gasteiger partial charge is 0.399 e. The van der Waals surface area contributed by atoms with Gasteiger partial charge < -0.3 is 15.6 Å². The van der Waals surface area contributed by atoms with E-state index >= 15 is 0 Å². The van der Waals surface area contributed by atoms with Gasteiger partial charge in [0.25, 0.3) is 0 Å². The van der Waals surface area contributed by atoms with E-state index in [1.165, 1.54) is 0 Å². The van der Waals surface area contributed by atoms with Gasteiger partial charge in [-0.3, -0.25) is 4.79 Å². The van der Waals surface area contributed by atoms with Crippen molar-refractivity contribution in [3.05, 3.63) is 66.4 Å². The maximum Gasteiger partial charge on any atom is 0.240 e. The second-order valence-corrected chi connectivity index (χ2v) is 5.02. The van der Waals surface area contributed by atoms with E-state index in [4.69, 9.17) is 5.73 Å². The van der Waals surface area contributed by atoms with Crippen molar-refractivity contribution < 1.29 is 4.79 Å². The summed E-state index contributed by atoms with van der Waals surface area (Å²) in [5.41, 5.74) is 8.57. The minimum Gasteiger partial charge on any atom is -0.399 e. The zero-order valence-electron chi connectivity index (χ0n) is 11.6. The molecule has 3 N–H and O–H groups in total. The predicted octanol–water partition coefficient (Wildman–Crippen LogP) is 2.54. The Kier molecular flexibility index (Phi) is 3.60. The van der Waals surface area contributed by atoms with Gasteiger partial charge in [0.05, 0.1) is 5.52 Å². The number of nitrogens with two attached hydrogens (primary N) is 1. The summed E-state index contributed by atoms with van der Waals surface area (Å²) in [6.45, 7) is 0.834. The lowest BCUT2D eigenvalue weighted by Gasteiger charge is -2.08. The van der Waals surface area contributed by atoms with Crippen LogP contribution < -0.4 is 11.1 Å². The third-order valence-electron chi connectivity index (χ3n) is 3.44. The van der Waals surface area contributed by atoms with Gasteiger partial charge in [0, 0.05) is 18.4 Å². The third-order valence-corrected chi connectivity index (χ3v) is 3.44. The van der Waals surface area contributed by atoms with Crippen LogP contribution in [0.4, 0.5) is 5.69 Å². The number of aromatic nitrogens is 1. The highest BCUT2D eigenvalue weighted by Crippen LogP contribution is 2.18. The van der Waals surface area contributed by atoms with Crippen molar-refractivity contribution in [2.24, 2.45) is 0 Å². The van der Waals surface area contributed by atoms with Crippen molar-refractivity contribution in [1.29, 1.82) is 0 Å². The van der Waals surface area contributed by atoms with Crippen LogP contribution >= 0.6 is 0 Å². The Labute approximate surface area is 123 Å². The van der Waals surface area contributed by atoms with Crippen molar-refractivity contribution in [2.45, 2.75) is 13.1 Å².